The normalized spacial score (nSPS) is 36.2. The quantitative estimate of drug-likeness (QED) is 0.679. The minimum Gasteiger partial charge on any atom is -0.448 e. The van der Waals surface area contributed by atoms with Crippen molar-refractivity contribution in [3.63, 3.8) is 0 Å². The molecule has 14 heavy (non-hydrogen) atoms. The predicted molar refractivity (Wildman–Crippen MR) is 53.1 cm³/mol. The zero-order valence-corrected chi connectivity index (χ0v) is 8.57. The molecule has 0 spiro atoms. The Morgan fingerprint density at radius 3 is 2.71 bits per heavy atom. The monoisotopic (exact) mass is 192 g/mol. The molecule has 4 heterocycles. The number of aromatic nitrogens is 1. The Labute approximate surface area is 84.1 Å². The first-order valence-electron chi connectivity index (χ1n) is 5.47. The van der Waals surface area contributed by atoms with Crippen LogP contribution in [0.5, 0.6) is 0 Å². The fraction of sp³-hybridized carbons (Fsp3) is 0.727. The molecule has 1 atom stereocenters. The molecule has 3 saturated heterocycles. The fourth-order valence-corrected chi connectivity index (χ4v) is 2.79. The predicted octanol–water partition coefficient (Wildman–Crippen LogP) is 1.79. The van der Waals surface area contributed by atoms with Crippen molar-refractivity contribution in [2.24, 2.45) is 5.92 Å². The summed E-state index contributed by atoms with van der Waals surface area (Å²) in [6.45, 7) is 5.71. The number of hydrogen-bond donors (Lipinski definition) is 0. The molecular weight excluding hydrogens is 176 g/mol. The Hall–Kier alpha value is -0.830. The highest BCUT2D eigenvalue weighted by Gasteiger charge is 2.37. The van der Waals surface area contributed by atoms with Crippen LogP contribution in [0.3, 0.4) is 0 Å². The van der Waals surface area contributed by atoms with E-state index in [1.54, 1.807) is 6.26 Å². The van der Waals surface area contributed by atoms with E-state index in [0.717, 1.165) is 24.0 Å². The average Bonchev–Trinajstić information content (AvgIpc) is 2.66. The molecule has 0 N–H and O–H groups in total. The number of aryl methyl sites for hydroxylation is 1. The molecule has 0 radical (unpaired) electrons. The lowest BCUT2D eigenvalue weighted by Gasteiger charge is -2.43. The summed E-state index contributed by atoms with van der Waals surface area (Å²) in [5.74, 6) is 2.35. The van der Waals surface area contributed by atoms with Gasteiger partial charge in [-0.3, -0.25) is 0 Å². The standard InChI is InChI=1S/C11H16N2O/c1-8-7-14-11(12-8)10-6-13-4-2-9(10)3-5-13/h7,9-10H,2-6H2,1H3/t10-/m0/s1. The van der Waals surface area contributed by atoms with Gasteiger partial charge in [-0.25, -0.2) is 4.98 Å². The van der Waals surface area contributed by atoms with E-state index < -0.39 is 0 Å². The van der Waals surface area contributed by atoms with Gasteiger partial charge in [-0.05, 0) is 38.8 Å². The summed E-state index contributed by atoms with van der Waals surface area (Å²) in [6.07, 6.45) is 4.42. The van der Waals surface area contributed by atoms with Crippen LogP contribution in [0.25, 0.3) is 0 Å². The van der Waals surface area contributed by atoms with Crippen molar-refractivity contribution >= 4 is 0 Å². The van der Waals surface area contributed by atoms with Crippen molar-refractivity contribution in [2.75, 3.05) is 19.6 Å². The van der Waals surface area contributed by atoms with E-state index in [2.05, 4.69) is 9.88 Å². The Bertz CT molecular complexity index is 326. The summed E-state index contributed by atoms with van der Waals surface area (Å²) in [6, 6.07) is 0. The number of fused-ring (bicyclic) bond motifs is 3. The van der Waals surface area contributed by atoms with Crippen LogP contribution < -0.4 is 0 Å². The number of nitrogens with zero attached hydrogens (tertiary/aromatic N) is 2. The molecule has 3 fully saturated rings. The maximum atomic E-state index is 5.52. The van der Waals surface area contributed by atoms with Crippen LogP contribution in [0.15, 0.2) is 10.7 Å². The summed E-state index contributed by atoms with van der Waals surface area (Å²) in [5, 5.41) is 0. The van der Waals surface area contributed by atoms with Gasteiger partial charge >= 0.3 is 0 Å². The molecule has 1 aromatic heterocycles. The van der Waals surface area contributed by atoms with Gasteiger partial charge in [0.15, 0.2) is 5.89 Å². The van der Waals surface area contributed by atoms with Gasteiger partial charge in [0.2, 0.25) is 0 Å². The third-order valence-electron chi connectivity index (χ3n) is 3.61. The van der Waals surface area contributed by atoms with Crippen molar-refractivity contribution < 1.29 is 4.42 Å². The average molecular weight is 192 g/mol. The van der Waals surface area contributed by atoms with E-state index in [-0.39, 0.29) is 0 Å². The summed E-state index contributed by atoms with van der Waals surface area (Å²) in [4.78, 5) is 6.99. The largest absolute Gasteiger partial charge is 0.448 e. The maximum absolute atomic E-state index is 5.52. The van der Waals surface area contributed by atoms with Gasteiger partial charge in [0.25, 0.3) is 0 Å². The molecule has 76 valence electrons. The first-order valence-corrected chi connectivity index (χ1v) is 5.47. The van der Waals surface area contributed by atoms with E-state index in [1.165, 1.54) is 25.9 Å². The van der Waals surface area contributed by atoms with Crippen molar-refractivity contribution in [3.8, 4) is 0 Å². The third-order valence-corrected chi connectivity index (χ3v) is 3.61. The molecule has 1 aromatic rings. The van der Waals surface area contributed by atoms with Gasteiger partial charge in [0, 0.05) is 6.54 Å². The molecule has 4 rings (SSSR count). The molecule has 0 amide bonds. The smallest absolute Gasteiger partial charge is 0.198 e. The summed E-state index contributed by atoms with van der Waals surface area (Å²) < 4.78 is 5.52. The SMILES string of the molecule is Cc1coc([C@H]2CN3CCC2CC3)n1. The van der Waals surface area contributed by atoms with E-state index in [4.69, 9.17) is 4.42 Å². The third kappa shape index (κ3) is 1.27. The lowest BCUT2D eigenvalue weighted by molar-refractivity contribution is 0.0756. The van der Waals surface area contributed by atoms with Crippen molar-refractivity contribution in [2.45, 2.75) is 25.7 Å². The second-order valence-electron chi connectivity index (χ2n) is 4.57. The lowest BCUT2D eigenvalue weighted by atomic mass is 9.79. The van der Waals surface area contributed by atoms with Crippen LogP contribution in [-0.2, 0) is 0 Å². The van der Waals surface area contributed by atoms with Gasteiger partial charge in [-0.1, -0.05) is 0 Å². The van der Waals surface area contributed by atoms with E-state index in [0.29, 0.717) is 5.92 Å². The fourth-order valence-electron chi connectivity index (χ4n) is 2.79. The van der Waals surface area contributed by atoms with E-state index in [9.17, 15) is 0 Å². The van der Waals surface area contributed by atoms with Gasteiger partial charge in [0.1, 0.15) is 6.26 Å². The minimum atomic E-state index is 0.561. The minimum absolute atomic E-state index is 0.561. The van der Waals surface area contributed by atoms with Crippen molar-refractivity contribution in [1.29, 1.82) is 0 Å². The molecular formula is C11H16N2O. The molecule has 2 bridgehead atoms. The Morgan fingerprint density at radius 1 is 1.43 bits per heavy atom. The molecule has 0 aromatic carbocycles. The highest BCUT2D eigenvalue weighted by atomic mass is 16.3. The summed E-state index contributed by atoms with van der Waals surface area (Å²) in [5.41, 5.74) is 1.01. The number of piperidine rings is 3. The molecule has 3 aliphatic heterocycles. The van der Waals surface area contributed by atoms with E-state index >= 15 is 0 Å². The number of hydrogen-bond acceptors (Lipinski definition) is 3. The zero-order valence-electron chi connectivity index (χ0n) is 8.57. The highest BCUT2D eigenvalue weighted by Crippen LogP contribution is 2.38. The van der Waals surface area contributed by atoms with Gasteiger partial charge in [0.05, 0.1) is 11.6 Å². The Morgan fingerprint density at radius 2 is 2.21 bits per heavy atom. The van der Waals surface area contributed by atoms with Crippen LogP contribution in [0.4, 0.5) is 0 Å². The van der Waals surface area contributed by atoms with Crippen molar-refractivity contribution in [3.05, 3.63) is 17.8 Å². The molecule has 3 nitrogen and oxygen atoms in total. The molecule has 0 aliphatic carbocycles. The topological polar surface area (TPSA) is 29.3 Å². The van der Waals surface area contributed by atoms with Crippen LogP contribution >= 0.6 is 0 Å². The van der Waals surface area contributed by atoms with E-state index in [1.807, 2.05) is 6.92 Å². The second-order valence-corrected chi connectivity index (χ2v) is 4.57. The zero-order chi connectivity index (χ0) is 9.54. The van der Waals surface area contributed by atoms with Gasteiger partial charge in [-0.15, -0.1) is 0 Å². The molecule has 0 saturated carbocycles. The van der Waals surface area contributed by atoms with Crippen LogP contribution in [0, 0.1) is 12.8 Å². The number of oxazole rings is 1. The first kappa shape index (κ1) is 8.48. The number of rotatable bonds is 1. The molecule has 0 unspecified atom stereocenters. The molecule has 3 aliphatic rings. The summed E-state index contributed by atoms with van der Waals surface area (Å²) in [7, 11) is 0. The van der Waals surface area contributed by atoms with Crippen molar-refractivity contribution in [1.82, 2.24) is 9.88 Å². The Balaban J connectivity index is 1.85. The highest BCUT2D eigenvalue weighted by molar-refractivity contribution is 5.05. The van der Waals surface area contributed by atoms with Crippen LogP contribution in [-0.4, -0.2) is 29.5 Å². The van der Waals surface area contributed by atoms with Gasteiger partial charge < -0.3 is 9.32 Å². The first-order chi connectivity index (χ1) is 6.83. The second kappa shape index (κ2) is 3.09. The van der Waals surface area contributed by atoms with Crippen LogP contribution in [0.1, 0.15) is 30.3 Å². The lowest BCUT2D eigenvalue weighted by Crippen LogP contribution is -2.46. The summed E-state index contributed by atoms with van der Waals surface area (Å²) >= 11 is 0. The Kier molecular flexibility index (Phi) is 1.87. The maximum Gasteiger partial charge on any atom is 0.198 e. The van der Waals surface area contributed by atoms with Gasteiger partial charge in [-0.2, -0.15) is 0 Å². The van der Waals surface area contributed by atoms with Crippen LogP contribution in [0.2, 0.25) is 0 Å². The molecule has 3 heteroatoms.